The van der Waals surface area contributed by atoms with Crippen LogP contribution in [0.1, 0.15) is 5.56 Å². The van der Waals surface area contributed by atoms with Gasteiger partial charge in [0.05, 0.1) is 5.69 Å². The first-order valence-electron chi connectivity index (χ1n) is 9.09. The number of nitrogens with two attached hydrogens (primary N) is 1. The molecule has 0 bridgehead atoms. The van der Waals surface area contributed by atoms with Crippen LogP contribution in [0.4, 0.5) is 5.95 Å². The number of phenols is 1. The second-order valence-electron chi connectivity index (χ2n) is 6.59. The molecule has 0 saturated heterocycles. The number of nitrogens with zero attached hydrogens (tertiary/aromatic N) is 2. The predicted octanol–water partition coefficient (Wildman–Crippen LogP) is 5.98. The van der Waals surface area contributed by atoms with Gasteiger partial charge in [0.25, 0.3) is 0 Å². The Hall–Kier alpha value is -3.28. The van der Waals surface area contributed by atoms with Crippen molar-refractivity contribution in [3.63, 3.8) is 0 Å². The minimum atomic E-state index is 0.0203. The molecular formula is C23H17Cl2N3O2. The van der Waals surface area contributed by atoms with E-state index in [9.17, 15) is 5.11 Å². The van der Waals surface area contributed by atoms with Gasteiger partial charge >= 0.3 is 0 Å². The fourth-order valence-corrected chi connectivity index (χ4v) is 3.38. The number of nitrogen functional groups attached to an aromatic ring is 1. The average Bonchev–Trinajstić information content (AvgIpc) is 2.73. The minimum Gasteiger partial charge on any atom is -0.507 e. The van der Waals surface area contributed by atoms with Gasteiger partial charge < -0.3 is 15.6 Å². The Labute approximate surface area is 183 Å². The highest BCUT2D eigenvalue weighted by molar-refractivity contribution is 6.30. The Bertz CT molecular complexity index is 1200. The monoisotopic (exact) mass is 437 g/mol. The molecule has 4 rings (SSSR count). The molecule has 0 aliphatic carbocycles. The van der Waals surface area contributed by atoms with Crippen molar-refractivity contribution in [2.75, 3.05) is 5.73 Å². The summed E-state index contributed by atoms with van der Waals surface area (Å²) in [6.07, 6.45) is 1.63. The van der Waals surface area contributed by atoms with Gasteiger partial charge in [0.2, 0.25) is 5.95 Å². The summed E-state index contributed by atoms with van der Waals surface area (Å²) >= 11 is 12.0. The van der Waals surface area contributed by atoms with Crippen molar-refractivity contribution in [1.29, 1.82) is 0 Å². The molecule has 0 fully saturated rings. The summed E-state index contributed by atoms with van der Waals surface area (Å²) in [6, 6.07) is 19.8. The fraction of sp³-hybridized carbons (Fsp3) is 0.0435. The first-order chi connectivity index (χ1) is 14.5. The van der Waals surface area contributed by atoms with Gasteiger partial charge in [0, 0.05) is 33.4 Å². The number of ether oxygens (including phenoxy) is 1. The highest BCUT2D eigenvalue weighted by Gasteiger charge is 2.15. The normalized spacial score (nSPS) is 10.7. The largest absolute Gasteiger partial charge is 0.507 e. The highest BCUT2D eigenvalue weighted by atomic mass is 35.5. The summed E-state index contributed by atoms with van der Waals surface area (Å²) in [7, 11) is 0. The molecule has 3 aromatic carbocycles. The molecule has 150 valence electrons. The lowest BCUT2D eigenvalue weighted by molar-refractivity contribution is 0.304. The van der Waals surface area contributed by atoms with E-state index in [0.29, 0.717) is 33.7 Å². The van der Waals surface area contributed by atoms with Crippen molar-refractivity contribution in [2.24, 2.45) is 0 Å². The number of hydrogen-bond donors (Lipinski definition) is 2. The SMILES string of the molecule is Nc1ncc(-c2ccc(Cl)cc2)c(-c2ccc(OCc3cccc(Cl)c3)cc2O)n1. The third-order valence-electron chi connectivity index (χ3n) is 4.48. The van der Waals surface area contributed by atoms with E-state index in [1.807, 2.05) is 30.3 Å². The van der Waals surface area contributed by atoms with Crippen molar-refractivity contribution in [1.82, 2.24) is 9.97 Å². The highest BCUT2D eigenvalue weighted by Crippen LogP contribution is 2.37. The standard InChI is InChI=1S/C23H17Cl2N3O2/c24-16-6-4-15(5-7-16)20-12-27-23(26)28-22(20)19-9-8-18(11-21(19)29)30-13-14-2-1-3-17(25)10-14/h1-12,29H,13H2,(H2,26,27,28). The molecule has 0 aliphatic rings. The summed E-state index contributed by atoms with van der Waals surface area (Å²) < 4.78 is 5.78. The van der Waals surface area contributed by atoms with Crippen LogP contribution in [-0.4, -0.2) is 15.1 Å². The molecule has 0 atom stereocenters. The topological polar surface area (TPSA) is 81.3 Å². The van der Waals surface area contributed by atoms with E-state index < -0.39 is 0 Å². The van der Waals surface area contributed by atoms with Gasteiger partial charge in [0.15, 0.2) is 0 Å². The van der Waals surface area contributed by atoms with Crippen LogP contribution in [0.15, 0.2) is 72.9 Å². The van der Waals surface area contributed by atoms with E-state index >= 15 is 0 Å². The molecule has 4 aromatic rings. The van der Waals surface area contributed by atoms with Crippen LogP contribution in [0, 0.1) is 0 Å². The maximum absolute atomic E-state index is 10.7. The van der Waals surface area contributed by atoms with Crippen LogP contribution >= 0.6 is 23.2 Å². The third kappa shape index (κ3) is 4.48. The second kappa shape index (κ2) is 8.61. The summed E-state index contributed by atoms with van der Waals surface area (Å²) in [5, 5.41) is 11.9. The lowest BCUT2D eigenvalue weighted by Crippen LogP contribution is -1.99. The molecule has 5 nitrogen and oxygen atoms in total. The van der Waals surface area contributed by atoms with E-state index in [1.165, 1.54) is 0 Å². The molecule has 1 aromatic heterocycles. The first kappa shape index (κ1) is 20.0. The van der Waals surface area contributed by atoms with Crippen LogP contribution in [-0.2, 0) is 6.61 Å². The predicted molar refractivity (Wildman–Crippen MR) is 120 cm³/mol. The van der Waals surface area contributed by atoms with Gasteiger partial charge in [-0.05, 0) is 47.5 Å². The molecule has 0 spiro atoms. The van der Waals surface area contributed by atoms with Crippen molar-refractivity contribution >= 4 is 29.2 Å². The molecule has 0 radical (unpaired) electrons. The van der Waals surface area contributed by atoms with Gasteiger partial charge in [-0.2, -0.15) is 0 Å². The van der Waals surface area contributed by atoms with Gasteiger partial charge in [-0.25, -0.2) is 9.97 Å². The molecule has 30 heavy (non-hydrogen) atoms. The van der Waals surface area contributed by atoms with Crippen LogP contribution in [0.2, 0.25) is 10.0 Å². The minimum absolute atomic E-state index is 0.0203. The van der Waals surface area contributed by atoms with Gasteiger partial charge in [-0.1, -0.05) is 47.5 Å². The molecule has 1 heterocycles. The summed E-state index contributed by atoms with van der Waals surface area (Å²) in [5.74, 6) is 0.654. The zero-order valence-electron chi connectivity index (χ0n) is 15.7. The number of hydrogen-bond acceptors (Lipinski definition) is 5. The van der Waals surface area contributed by atoms with Crippen molar-refractivity contribution in [2.45, 2.75) is 6.61 Å². The van der Waals surface area contributed by atoms with E-state index in [-0.39, 0.29) is 11.7 Å². The Balaban J connectivity index is 1.64. The lowest BCUT2D eigenvalue weighted by Gasteiger charge is -2.13. The number of anilines is 1. The van der Waals surface area contributed by atoms with Crippen molar-refractivity contribution in [3.05, 3.63) is 88.5 Å². The van der Waals surface area contributed by atoms with Gasteiger partial charge in [-0.15, -0.1) is 0 Å². The van der Waals surface area contributed by atoms with Gasteiger partial charge in [0.1, 0.15) is 18.1 Å². The van der Waals surface area contributed by atoms with E-state index in [2.05, 4.69) is 9.97 Å². The maximum atomic E-state index is 10.7. The number of aromatic nitrogens is 2. The molecule has 0 unspecified atom stereocenters. The number of aromatic hydroxyl groups is 1. The number of halogens is 2. The summed E-state index contributed by atoms with van der Waals surface area (Å²) in [4.78, 5) is 8.45. The molecular weight excluding hydrogens is 421 g/mol. The molecule has 0 saturated carbocycles. The smallest absolute Gasteiger partial charge is 0.220 e. The number of rotatable bonds is 5. The number of benzene rings is 3. The summed E-state index contributed by atoms with van der Waals surface area (Å²) in [6.45, 7) is 0.329. The summed E-state index contributed by atoms with van der Waals surface area (Å²) in [5.41, 5.74) is 9.36. The van der Waals surface area contributed by atoms with Crippen molar-refractivity contribution in [3.8, 4) is 33.9 Å². The Morgan fingerprint density at radius 2 is 1.70 bits per heavy atom. The first-order valence-corrected chi connectivity index (χ1v) is 9.84. The van der Waals surface area contributed by atoms with Crippen LogP contribution in [0.5, 0.6) is 11.5 Å². The zero-order valence-corrected chi connectivity index (χ0v) is 17.2. The zero-order chi connectivity index (χ0) is 21.1. The van der Waals surface area contributed by atoms with Crippen LogP contribution in [0.3, 0.4) is 0 Å². The van der Waals surface area contributed by atoms with Crippen LogP contribution in [0.25, 0.3) is 22.4 Å². The quantitative estimate of drug-likeness (QED) is 0.400. The second-order valence-corrected chi connectivity index (χ2v) is 7.47. The fourth-order valence-electron chi connectivity index (χ4n) is 3.04. The van der Waals surface area contributed by atoms with E-state index in [4.69, 9.17) is 33.7 Å². The lowest BCUT2D eigenvalue weighted by atomic mass is 10.00. The average molecular weight is 438 g/mol. The molecule has 3 N–H and O–H groups in total. The Morgan fingerprint density at radius 3 is 2.43 bits per heavy atom. The third-order valence-corrected chi connectivity index (χ3v) is 4.97. The maximum Gasteiger partial charge on any atom is 0.220 e. The molecule has 0 aliphatic heterocycles. The van der Waals surface area contributed by atoms with E-state index in [1.54, 1.807) is 42.6 Å². The molecule has 0 amide bonds. The Kier molecular flexibility index (Phi) is 5.74. The van der Waals surface area contributed by atoms with Gasteiger partial charge in [-0.3, -0.25) is 0 Å². The van der Waals surface area contributed by atoms with Crippen LogP contribution < -0.4 is 10.5 Å². The number of phenolic OH excluding ortho intramolecular Hbond substituents is 1. The van der Waals surface area contributed by atoms with E-state index in [0.717, 1.165) is 16.7 Å². The van der Waals surface area contributed by atoms with Crippen molar-refractivity contribution < 1.29 is 9.84 Å². The molecule has 7 heteroatoms. The Morgan fingerprint density at radius 1 is 0.900 bits per heavy atom.